The van der Waals surface area contributed by atoms with Gasteiger partial charge in [0.2, 0.25) is 0 Å². The number of carbonyl (C=O) groups is 2. The van der Waals surface area contributed by atoms with Gasteiger partial charge in [0.25, 0.3) is 11.7 Å². The van der Waals surface area contributed by atoms with E-state index >= 15 is 0 Å². The van der Waals surface area contributed by atoms with Gasteiger partial charge in [-0.2, -0.15) is 0 Å². The number of carbonyl (C=O) groups excluding carboxylic acids is 2. The zero-order valence-electron chi connectivity index (χ0n) is 21.2. The van der Waals surface area contributed by atoms with E-state index in [2.05, 4.69) is 18.7 Å². The number of rotatable bonds is 8. The molecule has 0 bridgehead atoms. The fourth-order valence-corrected chi connectivity index (χ4v) is 4.74. The van der Waals surface area contributed by atoms with E-state index in [4.69, 9.17) is 21.1 Å². The first-order chi connectivity index (χ1) is 17.8. The molecule has 1 N–H and O–H groups in total. The predicted molar refractivity (Wildman–Crippen MR) is 146 cm³/mol. The molecule has 0 aliphatic carbocycles. The number of ketones is 1. The molecular formula is C29H29ClN2O5. The summed E-state index contributed by atoms with van der Waals surface area (Å²) < 4.78 is 10.7. The zero-order chi connectivity index (χ0) is 26.7. The van der Waals surface area contributed by atoms with Crippen molar-refractivity contribution in [3.05, 3.63) is 88.5 Å². The summed E-state index contributed by atoms with van der Waals surface area (Å²) in [6.45, 7) is 5.85. The third kappa shape index (κ3) is 4.87. The van der Waals surface area contributed by atoms with Crippen LogP contribution in [-0.2, 0) is 9.59 Å². The Morgan fingerprint density at radius 3 is 2.11 bits per heavy atom. The molecule has 4 rings (SSSR count). The first kappa shape index (κ1) is 26.1. The van der Waals surface area contributed by atoms with Crippen LogP contribution in [0.1, 0.15) is 31.0 Å². The van der Waals surface area contributed by atoms with Crippen molar-refractivity contribution in [2.24, 2.45) is 0 Å². The van der Waals surface area contributed by atoms with E-state index in [1.165, 1.54) is 19.1 Å². The Hall–Kier alpha value is -3.97. The fourth-order valence-electron chi connectivity index (χ4n) is 4.61. The number of halogens is 1. The van der Waals surface area contributed by atoms with Gasteiger partial charge >= 0.3 is 0 Å². The van der Waals surface area contributed by atoms with Gasteiger partial charge in [-0.15, -0.1) is 0 Å². The summed E-state index contributed by atoms with van der Waals surface area (Å²) in [4.78, 5) is 30.4. The van der Waals surface area contributed by atoms with Gasteiger partial charge in [-0.25, -0.2) is 0 Å². The van der Waals surface area contributed by atoms with Gasteiger partial charge in [0.15, 0.2) is 11.5 Å². The minimum atomic E-state index is -0.847. The number of aliphatic hydroxyl groups is 1. The van der Waals surface area contributed by atoms with E-state index in [0.29, 0.717) is 33.3 Å². The second kappa shape index (κ2) is 11.0. The van der Waals surface area contributed by atoms with Crippen LogP contribution in [0.5, 0.6) is 11.5 Å². The summed E-state index contributed by atoms with van der Waals surface area (Å²) in [6, 6.07) is 18.3. The first-order valence-electron chi connectivity index (χ1n) is 12.0. The Labute approximate surface area is 221 Å². The lowest BCUT2D eigenvalue weighted by molar-refractivity contribution is -0.132. The molecule has 1 atom stereocenters. The predicted octanol–water partition coefficient (Wildman–Crippen LogP) is 5.83. The van der Waals surface area contributed by atoms with Crippen LogP contribution >= 0.6 is 11.6 Å². The molecule has 8 heteroatoms. The molecule has 3 aromatic rings. The van der Waals surface area contributed by atoms with Gasteiger partial charge in [-0.3, -0.25) is 14.5 Å². The molecule has 0 spiro atoms. The SMILES string of the molecule is CCN(CC)c1ccc(C2/C(=C(/O)c3ccc(OC)c(OC)c3)C(=O)C(=O)N2c2ccc(Cl)cc2)cc1. The smallest absolute Gasteiger partial charge is 0.300 e. The molecule has 37 heavy (non-hydrogen) atoms. The summed E-state index contributed by atoms with van der Waals surface area (Å²) in [5.74, 6) is -0.946. The van der Waals surface area contributed by atoms with Crippen LogP contribution < -0.4 is 19.3 Å². The monoisotopic (exact) mass is 520 g/mol. The average molecular weight is 521 g/mol. The van der Waals surface area contributed by atoms with Crippen molar-refractivity contribution in [1.29, 1.82) is 0 Å². The number of hydrogen-bond donors (Lipinski definition) is 1. The molecule has 1 fully saturated rings. The van der Waals surface area contributed by atoms with Gasteiger partial charge in [0.1, 0.15) is 5.76 Å². The number of benzene rings is 3. The number of aliphatic hydroxyl groups excluding tert-OH is 1. The van der Waals surface area contributed by atoms with Crippen LogP contribution in [-0.4, -0.2) is 44.1 Å². The van der Waals surface area contributed by atoms with Crippen LogP contribution in [0.2, 0.25) is 5.02 Å². The number of methoxy groups -OCH3 is 2. The zero-order valence-corrected chi connectivity index (χ0v) is 22.0. The minimum absolute atomic E-state index is 0.0113. The third-order valence-corrected chi connectivity index (χ3v) is 6.80. The van der Waals surface area contributed by atoms with Crippen LogP contribution in [0, 0.1) is 0 Å². The molecule has 3 aromatic carbocycles. The number of ether oxygens (including phenoxy) is 2. The highest BCUT2D eigenvalue weighted by molar-refractivity contribution is 6.51. The Bertz CT molecular complexity index is 1330. The van der Waals surface area contributed by atoms with Crippen molar-refractivity contribution in [3.8, 4) is 11.5 Å². The van der Waals surface area contributed by atoms with Crippen LogP contribution in [0.25, 0.3) is 5.76 Å². The van der Waals surface area contributed by atoms with Crippen molar-refractivity contribution in [1.82, 2.24) is 0 Å². The van der Waals surface area contributed by atoms with E-state index in [0.717, 1.165) is 18.8 Å². The lowest BCUT2D eigenvalue weighted by Gasteiger charge is -2.27. The quantitative estimate of drug-likeness (QED) is 0.229. The Kier molecular flexibility index (Phi) is 7.74. The minimum Gasteiger partial charge on any atom is -0.507 e. The van der Waals surface area contributed by atoms with Gasteiger partial charge < -0.3 is 19.5 Å². The van der Waals surface area contributed by atoms with Crippen molar-refractivity contribution in [2.45, 2.75) is 19.9 Å². The second-order valence-corrected chi connectivity index (χ2v) is 8.92. The topological polar surface area (TPSA) is 79.3 Å². The highest BCUT2D eigenvalue weighted by atomic mass is 35.5. The highest BCUT2D eigenvalue weighted by Gasteiger charge is 2.47. The maximum Gasteiger partial charge on any atom is 0.300 e. The van der Waals surface area contributed by atoms with Gasteiger partial charge in [0, 0.05) is 35.1 Å². The fraction of sp³-hybridized carbons (Fsp3) is 0.241. The normalized spacial score (nSPS) is 16.7. The van der Waals surface area contributed by atoms with Crippen molar-refractivity contribution >= 4 is 40.4 Å². The summed E-state index contributed by atoms with van der Waals surface area (Å²) in [6.07, 6.45) is 0. The van der Waals surface area contributed by atoms with E-state index < -0.39 is 17.7 Å². The van der Waals surface area contributed by atoms with E-state index in [1.54, 1.807) is 42.5 Å². The Morgan fingerprint density at radius 2 is 1.54 bits per heavy atom. The number of anilines is 2. The number of amides is 1. The second-order valence-electron chi connectivity index (χ2n) is 8.48. The maximum absolute atomic E-state index is 13.4. The lowest BCUT2D eigenvalue weighted by atomic mass is 9.94. The molecule has 1 unspecified atom stereocenters. The first-order valence-corrected chi connectivity index (χ1v) is 12.4. The molecule has 7 nitrogen and oxygen atoms in total. The van der Waals surface area contributed by atoms with Crippen LogP contribution in [0.15, 0.2) is 72.3 Å². The van der Waals surface area contributed by atoms with E-state index in [-0.39, 0.29) is 11.3 Å². The molecule has 1 heterocycles. The van der Waals surface area contributed by atoms with Crippen molar-refractivity contribution in [3.63, 3.8) is 0 Å². The number of Topliss-reactive ketones (excluding diaryl/α,β-unsaturated/α-hetero) is 1. The third-order valence-electron chi connectivity index (χ3n) is 6.54. The molecule has 0 saturated carbocycles. The maximum atomic E-state index is 13.4. The molecule has 1 saturated heterocycles. The van der Waals surface area contributed by atoms with Crippen LogP contribution in [0.3, 0.4) is 0 Å². The van der Waals surface area contributed by atoms with Crippen LogP contribution in [0.4, 0.5) is 11.4 Å². The summed E-state index contributed by atoms with van der Waals surface area (Å²) in [7, 11) is 3.00. The summed E-state index contributed by atoms with van der Waals surface area (Å²) in [5, 5.41) is 11.9. The molecule has 192 valence electrons. The van der Waals surface area contributed by atoms with Crippen molar-refractivity contribution in [2.75, 3.05) is 37.1 Å². The summed E-state index contributed by atoms with van der Waals surface area (Å²) >= 11 is 6.08. The summed E-state index contributed by atoms with van der Waals surface area (Å²) in [5.41, 5.74) is 2.53. The van der Waals surface area contributed by atoms with E-state index in [9.17, 15) is 14.7 Å². The van der Waals surface area contributed by atoms with Gasteiger partial charge in [0.05, 0.1) is 25.8 Å². The van der Waals surface area contributed by atoms with Crippen molar-refractivity contribution < 1.29 is 24.2 Å². The molecule has 1 amide bonds. The molecule has 1 aliphatic heterocycles. The van der Waals surface area contributed by atoms with E-state index in [1.807, 2.05) is 24.3 Å². The molecule has 1 aliphatic rings. The molecule has 0 radical (unpaired) electrons. The largest absolute Gasteiger partial charge is 0.507 e. The van der Waals surface area contributed by atoms with Gasteiger partial charge in [-0.05, 0) is 74.0 Å². The highest BCUT2D eigenvalue weighted by Crippen LogP contribution is 2.43. The molecule has 0 aromatic heterocycles. The number of hydrogen-bond acceptors (Lipinski definition) is 6. The Balaban J connectivity index is 1.90. The average Bonchev–Trinajstić information content (AvgIpc) is 3.19. The van der Waals surface area contributed by atoms with Gasteiger partial charge in [-0.1, -0.05) is 23.7 Å². The molecular weight excluding hydrogens is 492 g/mol. The number of nitrogens with zero attached hydrogens (tertiary/aromatic N) is 2. The lowest BCUT2D eigenvalue weighted by Crippen LogP contribution is -2.29. The Morgan fingerprint density at radius 1 is 0.919 bits per heavy atom. The standard InChI is InChI=1S/C29H29ClN2O5/c1-5-31(6-2)21-12-7-18(8-13-21)26-25(27(33)19-9-16-23(36-3)24(17-19)37-4)28(34)29(35)32(26)22-14-10-20(30)11-15-22/h7-17,26,33H,5-6H2,1-4H3/b27-25-.